The number of hydrogen-bond acceptors (Lipinski definition) is 2. The highest BCUT2D eigenvalue weighted by molar-refractivity contribution is 4.59. The largest absolute Gasteiger partial charge is 0.380 e. The molecule has 0 amide bonds. The number of nitrogens with one attached hydrogen (secondary N) is 1. The maximum atomic E-state index is 5.48. The number of likely N-dealkylation sites (N-methyl/N-ethyl adjacent to an activating group) is 1. The summed E-state index contributed by atoms with van der Waals surface area (Å²) in [6.45, 7) is 8.21. The topological polar surface area (TPSA) is 21.3 Å². The molecular weight excluding hydrogens is 138 g/mol. The summed E-state index contributed by atoms with van der Waals surface area (Å²) in [5.74, 6) is 0.643. The van der Waals surface area contributed by atoms with Crippen molar-refractivity contribution in [3.05, 3.63) is 0 Å². The summed E-state index contributed by atoms with van der Waals surface area (Å²) in [4.78, 5) is 0. The van der Waals surface area contributed by atoms with Crippen LogP contribution in [0.1, 0.15) is 27.2 Å². The molecule has 0 aliphatic heterocycles. The van der Waals surface area contributed by atoms with Crippen LogP contribution in [0.25, 0.3) is 0 Å². The fourth-order valence-electron chi connectivity index (χ4n) is 0.851. The molecule has 0 heterocycles. The minimum absolute atomic E-state index is 0.522. The average molecular weight is 159 g/mol. The zero-order valence-electron chi connectivity index (χ0n) is 8.18. The lowest BCUT2D eigenvalue weighted by atomic mass is 10.2. The molecule has 68 valence electrons. The van der Waals surface area contributed by atoms with Gasteiger partial charge in [-0.15, -0.1) is 0 Å². The molecule has 0 radical (unpaired) electrons. The lowest BCUT2D eigenvalue weighted by Crippen LogP contribution is -2.30. The van der Waals surface area contributed by atoms with E-state index >= 15 is 0 Å². The van der Waals surface area contributed by atoms with Crippen LogP contribution in [-0.2, 0) is 4.74 Å². The molecule has 0 saturated carbocycles. The maximum Gasteiger partial charge on any atom is 0.0619 e. The third-order valence-electron chi connectivity index (χ3n) is 1.67. The van der Waals surface area contributed by atoms with E-state index in [0.29, 0.717) is 12.0 Å². The van der Waals surface area contributed by atoms with Gasteiger partial charge in [-0.2, -0.15) is 0 Å². The molecule has 0 aliphatic rings. The molecule has 1 atom stereocenters. The van der Waals surface area contributed by atoms with Gasteiger partial charge in [-0.25, -0.2) is 0 Å². The van der Waals surface area contributed by atoms with Gasteiger partial charge >= 0.3 is 0 Å². The standard InChI is InChI=1S/C9H21NO/c1-5-9(10-4)7-11-6-8(2)3/h8-10H,5-7H2,1-4H3. The molecule has 0 aliphatic carbocycles. The van der Waals surface area contributed by atoms with Crippen LogP contribution in [0.15, 0.2) is 0 Å². The Hall–Kier alpha value is -0.0800. The van der Waals surface area contributed by atoms with Gasteiger partial charge in [-0.05, 0) is 19.4 Å². The minimum Gasteiger partial charge on any atom is -0.380 e. The third kappa shape index (κ3) is 6.32. The van der Waals surface area contributed by atoms with Crippen molar-refractivity contribution in [3.63, 3.8) is 0 Å². The van der Waals surface area contributed by atoms with Gasteiger partial charge < -0.3 is 10.1 Å². The minimum atomic E-state index is 0.522. The Balaban J connectivity index is 3.21. The first kappa shape index (κ1) is 10.9. The highest BCUT2D eigenvalue weighted by Gasteiger charge is 2.02. The van der Waals surface area contributed by atoms with E-state index in [0.717, 1.165) is 19.6 Å². The second-order valence-corrected chi connectivity index (χ2v) is 3.33. The Bertz CT molecular complexity index is 79.6. The van der Waals surface area contributed by atoms with Crippen LogP contribution in [0.4, 0.5) is 0 Å². The summed E-state index contributed by atoms with van der Waals surface area (Å²) in [5.41, 5.74) is 0. The highest BCUT2D eigenvalue weighted by atomic mass is 16.5. The van der Waals surface area contributed by atoms with Crippen molar-refractivity contribution in [2.75, 3.05) is 20.3 Å². The average Bonchev–Trinajstić information content (AvgIpc) is 1.98. The molecule has 0 rings (SSSR count). The van der Waals surface area contributed by atoms with Gasteiger partial charge in [0.2, 0.25) is 0 Å². The van der Waals surface area contributed by atoms with Crippen molar-refractivity contribution in [2.45, 2.75) is 33.2 Å². The van der Waals surface area contributed by atoms with Crippen molar-refractivity contribution in [2.24, 2.45) is 5.92 Å². The number of rotatable bonds is 6. The highest BCUT2D eigenvalue weighted by Crippen LogP contribution is 1.95. The van der Waals surface area contributed by atoms with Gasteiger partial charge in [0, 0.05) is 12.6 Å². The molecule has 1 unspecified atom stereocenters. The smallest absolute Gasteiger partial charge is 0.0619 e. The zero-order valence-corrected chi connectivity index (χ0v) is 8.18. The van der Waals surface area contributed by atoms with Crippen LogP contribution in [-0.4, -0.2) is 26.3 Å². The first-order valence-electron chi connectivity index (χ1n) is 4.45. The van der Waals surface area contributed by atoms with Gasteiger partial charge in [-0.1, -0.05) is 20.8 Å². The van der Waals surface area contributed by atoms with E-state index in [2.05, 4.69) is 26.1 Å². The van der Waals surface area contributed by atoms with Crippen LogP contribution >= 0.6 is 0 Å². The summed E-state index contributed by atoms with van der Waals surface area (Å²) in [7, 11) is 1.98. The van der Waals surface area contributed by atoms with Crippen LogP contribution in [0.5, 0.6) is 0 Å². The van der Waals surface area contributed by atoms with Gasteiger partial charge in [0.15, 0.2) is 0 Å². The van der Waals surface area contributed by atoms with Gasteiger partial charge in [0.1, 0.15) is 0 Å². The number of ether oxygens (including phenoxy) is 1. The normalized spacial score (nSPS) is 13.9. The predicted molar refractivity (Wildman–Crippen MR) is 48.8 cm³/mol. The second-order valence-electron chi connectivity index (χ2n) is 3.33. The fourth-order valence-corrected chi connectivity index (χ4v) is 0.851. The summed E-state index contributed by atoms with van der Waals surface area (Å²) in [5, 5.41) is 3.20. The van der Waals surface area contributed by atoms with Crippen molar-refractivity contribution in [3.8, 4) is 0 Å². The Morgan fingerprint density at radius 1 is 1.27 bits per heavy atom. The van der Waals surface area contributed by atoms with Gasteiger partial charge in [-0.3, -0.25) is 0 Å². The molecule has 0 spiro atoms. The van der Waals surface area contributed by atoms with E-state index in [4.69, 9.17) is 4.74 Å². The first-order chi connectivity index (χ1) is 5.20. The Morgan fingerprint density at radius 3 is 2.27 bits per heavy atom. The molecule has 2 heteroatoms. The van der Waals surface area contributed by atoms with Crippen molar-refractivity contribution >= 4 is 0 Å². The lowest BCUT2D eigenvalue weighted by molar-refractivity contribution is 0.0910. The summed E-state index contributed by atoms with van der Waals surface area (Å²) >= 11 is 0. The Kier molecular flexibility index (Phi) is 6.57. The zero-order chi connectivity index (χ0) is 8.69. The van der Waals surface area contributed by atoms with E-state index < -0.39 is 0 Å². The monoisotopic (exact) mass is 159 g/mol. The maximum absolute atomic E-state index is 5.48. The molecule has 0 saturated heterocycles. The lowest BCUT2D eigenvalue weighted by Gasteiger charge is -2.14. The second kappa shape index (κ2) is 6.62. The van der Waals surface area contributed by atoms with Crippen LogP contribution in [0.3, 0.4) is 0 Å². The van der Waals surface area contributed by atoms with Gasteiger partial charge in [0.05, 0.1) is 6.61 Å². The summed E-state index contributed by atoms with van der Waals surface area (Å²) < 4.78 is 5.48. The molecule has 1 N–H and O–H groups in total. The van der Waals surface area contributed by atoms with E-state index in [9.17, 15) is 0 Å². The molecule has 0 bridgehead atoms. The van der Waals surface area contributed by atoms with Crippen molar-refractivity contribution in [1.29, 1.82) is 0 Å². The Labute approximate surface area is 70.3 Å². The van der Waals surface area contributed by atoms with Crippen LogP contribution in [0.2, 0.25) is 0 Å². The van der Waals surface area contributed by atoms with Gasteiger partial charge in [0.25, 0.3) is 0 Å². The molecule has 0 aromatic rings. The quantitative estimate of drug-likeness (QED) is 0.636. The molecule has 11 heavy (non-hydrogen) atoms. The molecule has 0 aromatic heterocycles. The predicted octanol–water partition coefficient (Wildman–Crippen LogP) is 1.66. The van der Waals surface area contributed by atoms with Crippen molar-refractivity contribution in [1.82, 2.24) is 5.32 Å². The number of hydrogen-bond donors (Lipinski definition) is 1. The molecular formula is C9H21NO. The van der Waals surface area contributed by atoms with Crippen molar-refractivity contribution < 1.29 is 4.74 Å². The molecule has 0 fully saturated rings. The van der Waals surface area contributed by atoms with E-state index in [1.807, 2.05) is 7.05 Å². The molecule has 0 aromatic carbocycles. The SMILES string of the molecule is CCC(COCC(C)C)NC. The first-order valence-corrected chi connectivity index (χ1v) is 4.45. The van der Waals surface area contributed by atoms with E-state index in [-0.39, 0.29) is 0 Å². The molecule has 2 nitrogen and oxygen atoms in total. The Morgan fingerprint density at radius 2 is 1.91 bits per heavy atom. The third-order valence-corrected chi connectivity index (χ3v) is 1.67. The summed E-state index contributed by atoms with van der Waals surface area (Å²) in [6, 6.07) is 0.522. The van der Waals surface area contributed by atoms with Crippen LogP contribution < -0.4 is 5.32 Å². The summed E-state index contributed by atoms with van der Waals surface area (Å²) in [6.07, 6.45) is 1.13. The van der Waals surface area contributed by atoms with E-state index in [1.54, 1.807) is 0 Å². The van der Waals surface area contributed by atoms with E-state index in [1.165, 1.54) is 0 Å². The fraction of sp³-hybridized carbons (Fsp3) is 1.00. The van der Waals surface area contributed by atoms with Crippen LogP contribution in [0, 0.1) is 5.92 Å².